The summed E-state index contributed by atoms with van der Waals surface area (Å²) in [4.78, 5) is 40.3. The van der Waals surface area contributed by atoms with Gasteiger partial charge in [-0.25, -0.2) is 0 Å². The van der Waals surface area contributed by atoms with Crippen molar-refractivity contribution in [3.63, 3.8) is 0 Å². The number of Topliss-reactive ketones (excluding diaryl/α,β-unsaturated/α-hetero) is 3. The SMILES string of the molecule is CCC(CC)Cc1ccc(O)c2c1C[C@]1(C)C[C@]3(C)C(C(C)C)C(=O)C(C(C)=O)=C(O)[C@]3(O)C(=O)C1=C2O. The number of carbonyl (C=O) groups is 3. The lowest BCUT2D eigenvalue weighted by Crippen LogP contribution is -2.69. The summed E-state index contributed by atoms with van der Waals surface area (Å²) in [6.45, 7) is 12.4. The van der Waals surface area contributed by atoms with Gasteiger partial charge >= 0.3 is 0 Å². The van der Waals surface area contributed by atoms with E-state index >= 15 is 0 Å². The van der Waals surface area contributed by atoms with E-state index in [-0.39, 0.29) is 29.2 Å². The molecule has 0 bridgehead atoms. The van der Waals surface area contributed by atoms with Crippen LogP contribution in [0.5, 0.6) is 5.75 Å². The molecule has 206 valence electrons. The zero-order valence-corrected chi connectivity index (χ0v) is 23.4. The zero-order chi connectivity index (χ0) is 28.5. The largest absolute Gasteiger partial charge is 0.508 e. The van der Waals surface area contributed by atoms with Crippen LogP contribution in [0.2, 0.25) is 0 Å². The van der Waals surface area contributed by atoms with Gasteiger partial charge in [0.15, 0.2) is 17.2 Å². The number of phenolic OH excluding ortho intramolecular Hbond substituents is 1. The van der Waals surface area contributed by atoms with Gasteiger partial charge in [0.25, 0.3) is 0 Å². The molecule has 4 atom stereocenters. The molecule has 3 aliphatic carbocycles. The van der Waals surface area contributed by atoms with E-state index in [2.05, 4.69) is 13.8 Å². The second-order valence-electron chi connectivity index (χ2n) is 12.4. The summed E-state index contributed by atoms with van der Waals surface area (Å²) < 4.78 is 0. The molecule has 0 heterocycles. The summed E-state index contributed by atoms with van der Waals surface area (Å²) in [6.07, 6.45) is 3.11. The molecule has 1 aromatic rings. The third kappa shape index (κ3) is 3.54. The van der Waals surface area contributed by atoms with E-state index in [4.69, 9.17) is 0 Å². The van der Waals surface area contributed by atoms with Gasteiger partial charge in [0.2, 0.25) is 5.78 Å². The topological polar surface area (TPSA) is 132 Å². The van der Waals surface area contributed by atoms with Gasteiger partial charge in [-0.3, -0.25) is 14.4 Å². The first kappa shape index (κ1) is 28.1. The van der Waals surface area contributed by atoms with Crippen LogP contribution in [0.4, 0.5) is 0 Å². The van der Waals surface area contributed by atoms with Crippen molar-refractivity contribution >= 4 is 23.1 Å². The molecule has 4 N–H and O–H groups in total. The highest BCUT2D eigenvalue weighted by Crippen LogP contribution is 2.65. The minimum atomic E-state index is -2.58. The predicted octanol–water partition coefficient (Wildman–Crippen LogP) is 5.17. The van der Waals surface area contributed by atoms with Gasteiger partial charge in [0, 0.05) is 22.3 Å². The number of hydrogen-bond acceptors (Lipinski definition) is 7. The fraction of sp³-hybridized carbons (Fsp3) is 0.581. The molecule has 7 nitrogen and oxygen atoms in total. The molecule has 0 radical (unpaired) electrons. The number of aromatic hydroxyl groups is 1. The Morgan fingerprint density at radius 1 is 1.08 bits per heavy atom. The van der Waals surface area contributed by atoms with Gasteiger partial charge < -0.3 is 20.4 Å². The Balaban J connectivity index is 2.03. The van der Waals surface area contributed by atoms with Crippen LogP contribution in [0.1, 0.15) is 84.4 Å². The smallest absolute Gasteiger partial charge is 0.203 e. The summed E-state index contributed by atoms with van der Waals surface area (Å²) >= 11 is 0. The molecule has 0 amide bonds. The summed E-state index contributed by atoms with van der Waals surface area (Å²) in [7, 11) is 0. The molecule has 1 aromatic carbocycles. The molecule has 1 fully saturated rings. The number of ketones is 3. The summed E-state index contributed by atoms with van der Waals surface area (Å²) in [6, 6.07) is 3.38. The van der Waals surface area contributed by atoms with Crippen molar-refractivity contribution in [3.05, 3.63) is 45.7 Å². The van der Waals surface area contributed by atoms with Crippen molar-refractivity contribution in [3.8, 4) is 5.75 Å². The van der Waals surface area contributed by atoms with Crippen molar-refractivity contribution in [1.29, 1.82) is 0 Å². The molecule has 38 heavy (non-hydrogen) atoms. The lowest BCUT2D eigenvalue weighted by Gasteiger charge is -2.59. The molecule has 4 rings (SSSR count). The van der Waals surface area contributed by atoms with Crippen LogP contribution in [0.15, 0.2) is 29.0 Å². The van der Waals surface area contributed by atoms with Gasteiger partial charge in [0.1, 0.15) is 22.8 Å². The third-order valence-corrected chi connectivity index (χ3v) is 9.65. The molecule has 0 aliphatic heterocycles. The average molecular weight is 525 g/mol. The first-order valence-corrected chi connectivity index (χ1v) is 13.6. The monoisotopic (exact) mass is 524 g/mol. The van der Waals surface area contributed by atoms with Crippen LogP contribution in [0.3, 0.4) is 0 Å². The maximum Gasteiger partial charge on any atom is 0.203 e. The predicted molar refractivity (Wildman–Crippen MR) is 144 cm³/mol. The Kier molecular flexibility index (Phi) is 6.71. The number of hydrogen-bond donors (Lipinski definition) is 4. The first-order chi connectivity index (χ1) is 17.6. The number of carbonyl (C=O) groups excluding carboxylic acids is 3. The van der Waals surface area contributed by atoms with Crippen LogP contribution in [0.25, 0.3) is 5.76 Å². The molecule has 1 saturated carbocycles. The highest BCUT2D eigenvalue weighted by atomic mass is 16.3. The number of aliphatic hydroxyl groups excluding tert-OH is 2. The average Bonchev–Trinajstić information content (AvgIpc) is 2.80. The lowest BCUT2D eigenvalue weighted by molar-refractivity contribution is -0.178. The second kappa shape index (κ2) is 9.08. The van der Waals surface area contributed by atoms with Crippen molar-refractivity contribution in [2.75, 3.05) is 0 Å². The quantitative estimate of drug-likeness (QED) is 0.378. The summed E-state index contributed by atoms with van der Waals surface area (Å²) in [5.41, 5.74) is -3.76. The standard InChI is InChI=1S/C31H40O7/c1-8-17(9-2)12-18-10-11-20(33)22-19(18)13-29(6)14-30(7)23(15(3)4)25(34)21(16(5)32)27(36)31(30,38)28(37)24(29)26(22)35/h10-11,15,17,23,33,35-36,38H,8-9,12-14H2,1-7H3/t23?,29-,30-,31+/m1/s1. The molecule has 0 saturated heterocycles. The number of benzene rings is 1. The maximum absolute atomic E-state index is 14.3. The minimum Gasteiger partial charge on any atom is -0.508 e. The maximum atomic E-state index is 14.3. The fourth-order valence-corrected chi connectivity index (χ4v) is 7.86. The third-order valence-electron chi connectivity index (χ3n) is 9.65. The van der Waals surface area contributed by atoms with Crippen LogP contribution < -0.4 is 0 Å². The minimum absolute atomic E-state index is 0.0914. The van der Waals surface area contributed by atoms with E-state index in [1.54, 1.807) is 20.8 Å². The fourth-order valence-electron chi connectivity index (χ4n) is 7.86. The number of allylic oxidation sites excluding steroid dienone is 1. The molecule has 7 heteroatoms. The van der Waals surface area contributed by atoms with E-state index in [0.29, 0.717) is 12.3 Å². The van der Waals surface area contributed by atoms with Gasteiger partial charge in [0.05, 0.1) is 5.56 Å². The highest BCUT2D eigenvalue weighted by Gasteiger charge is 2.72. The van der Waals surface area contributed by atoms with Gasteiger partial charge in [-0.15, -0.1) is 0 Å². The van der Waals surface area contributed by atoms with Gasteiger partial charge in [-0.2, -0.15) is 0 Å². The number of aliphatic hydroxyl groups is 3. The van der Waals surface area contributed by atoms with Crippen LogP contribution in [-0.4, -0.2) is 43.4 Å². The van der Waals surface area contributed by atoms with E-state index in [1.807, 2.05) is 13.0 Å². The van der Waals surface area contributed by atoms with E-state index in [9.17, 15) is 34.8 Å². The Bertz CT molecular complexity index is 1300. The van der Waals surface area contributed by atoms with Crippen molar-refractivity contribution in [2.24, 2.45) is 28.6 Å². The Morgan fingerprint density at radius 3 is 2.21 bits per heavy atom. The van der Waals surface area contributed by atoms with Gasteiger partial charge in [-0.05, 0) is 55.2 Å². The Hall–Kier alpha value is -2.93. The Morgan fingerprint density at radius 2 is 1.68 bits per heavy atom. The second-order valence-corrected chi connectivity index (χ2v) is 12.4. The number of rotatable bonds is 6. The van der Waals surface area contributed by atoms with Crippen LogP contribution in [-0.2, 0) is 27.2 Å². The van der Waals surface area contributed by atoms with Crippen molar-refractivity contribution < 1.29 is 34.8 Å². The first-order valence-electron chi connectivity index (χ1n) is 13.6. The van der Waals surface area contributed by atoms with Gasteiger partial charge in [-0.1, -0.05) is 60.5 Å². The van der Waals surface area contributed by atoms with Crippen LogP contribution >= 0.6 is 0 Å². The molecule has 1 unspecified atom stereocenters. The molecular formula is C31H40O7. The zero-order valence-electron chi connectivity index (χ0n) is 23.4. The summed E-state index contributed by atoms with van der Waals surface area (Å²) in [5.74, 6) is -4.63. The normalized spacial score (nSPS) is 31.1. The summed E-state index contributed by atoms with van der Waals surface area (Å²) in [5, 5.41) is 45.7. The van der Waals surface area contributed by atoms with E-state index in [0.717, 1.165) is 37.3 Å². The molecular weight excluding hydrogens is 484 g/mol. The van der Waals surface area contributed by atoms with Crippen LogP contribution in [0, 0.1) is 28.6 Å². The molecule has 0 aromatic heterocycles. The molecule has 3 aliphatic rings. The Labute approximate surface area is 224 Å². The lowest BCUT2D eigenvalue weighted by atomic mass is 9.43. The number of fused-ring (bicyclic) bond motifs is 3. The number of phenols is 1. The molecule has 0 spiro atoms. The van der Waals surface area contributed by atoms with E-state index < -0.39 is 56.8 Å². The highest BCUT2D eigenvalue weighted by molar-refractivity contribution is 6.24. The van der Waals surface area contributed by atoms with Crippen molar-refractivity contribution in [2.45, 2.75) is 86.2 Å². The van der Waals surface area contributed by atoms with Crippen molar-refractivity contribution in [1.82, 2.24) is 0 Å². The van der Waals surface area contributed by atoms with E-state index in [1.165, 1.54) is 6.07 Å².